The van der Waals surface area contributed by atoms with E-state index in [4.69, 9.17) is 19.9 Å². The third-order valence-corrected chi connectivity index (χ3v) is 3.48. The number of aliphatic hydroxyl groups is 3. The topological polar surface area (TPSA) is 173 Å². The van der Waals surface area contributed by atoms with Crippen molar-refractivity contribution < 1.29 is 39.1 Å². The van der Waals surface area contributed by atoms with Gasteiger partial charge in [0.1, 0.15) is 6.10 Å². The zero-order valence-electron chi connectivity index (χ0n) is 16.5. The lowest BCUT2D eigenvalue weighted by molar-refractivity contribution is -0.143. The van der Waals surface area contributed by atoms with Crippen LogP contribution in [-0.2, 0) is 23.8 Å². The van der Waals surface area contributed by atoms with Crippen LogP contribution in [0.2, 0.25) is 0 Å². The van der Waals surface area contributed by atoms with Gasteiger partial charge in [0.05, 0.1) is 45.6 Å². The molecule has 2 amide bonds. The predicted octanol–water partition coefficient (Wildman–Crippen LogP) is -2.89. The van der Waals surface area contributed by atoms with Crippen molar-refractivity contribution in [2.45, 2.75) is 38.1 Å². The second-order valence-corrected chi connectivity index (χ2v) is 5.97. The van der Waals surface area contributed by atoms with E-state index in [0.29, 0.717) is 33.0 Å². The lowest BCUT2D eigenvalue weighted by Crippen LogP contribution is -2.49. The van der Waals surface area contributed by atoms with Crippen LogP contribution >= 0.6 is 0 Å². The van der Waals surface area contributed by atoms with E-state index in [2.05, 4.69) is 10.6 Å². The first-order valence-electron chi connectivity index (χ1n) is 9.45. The molecule has 11 heteroatoms. The van der Waals surface area contributed by atoms with E-state index in [1.54, 1.807) is 0 Å². The van der Waals surface area contributed by atoms with Crippen LogP contribution in [-0.4, -0.2) is 105 Å². The number of hydrogen-bond acceptors (Lipinski definition) is 9. The van der Waals surface area contributed by atoms with Gasteiger partial charge in [0.25, 0.3) is 5.91 Å². The van der Waals surface area contributed by atoms with Crippen LogP contribution in [0.1, 0.15) is 19.8 Å². The van der Waals surface area contributed by atoms with Gasteiger partial charge in [0.2, 0.25) is 5.91 Å². The molecule has 0 saturated carbocycles. The van der Waals surface area contributed by atoms with Gasteiger partial charge in [-0.3, -0.25) is 9.59 Å². The molecule has 0 heterocycles. The molecule has 0 spiro atoms. The smallest absolute Gasteiger partial charge is 0.251 e. The van der Waals surface area contributed by atoms with Crippen LogP contribution in [0.3, 0.4) is 0 Å². The minimum absolute atomic E-state index is 0.121. The lowest BCUT2D eigenvalue weighted by Gasteiger charge is -2.22. The summed E-state index contributed by atoms with van der Waals surface area (Å²) < 4.78 is 15.5. The van der Waals surface area contributed by atoms with E-state index >= 15 is 0 Å². The number of amides is 2. The number of carbonyl (C=O) groups is 2. The molecule has 0 aliphatic rings. The third kappa shape index (κ3) is 13.8. The lowest BCUT2D eigenvalue weighted by atomic mass is 10.0. The number of rotatable bonds is 18. The van der Waals surface area contributed by atoms with Gasteiger partial charge < -0.3 is 45.9 Å². The predicted molar refractivity (Wildman–Crippen MR) is 100 cm³/mol. The highest BCUT2D eigenvalue weighted by Gasteiger charge is 2.31. The standard InChI is InChI=1S/C17H35N3O8/c1-2-6-26-10-11-28-9-5-20-17(25)16(24)15(23)13(21)12-14(22)19-4-8-27-7-3-18/h13,15-16,21,23-24H,2-12,18H2,1H3,(H,19,22)(H,20,25). The number of ether oxygens (including phenoxy) is 3. The Morgan fingerprint density at radius 3 is 2.07 bits per heavy atom. The minimum Gasteiger partial charge on any atom is -0.390 e. The van der Waals surface area contributed by atoms with Gasteiger partial charge >= 0.3 is 0 Å². The molecule has 3 unspecified atom stereocenters. The van der Waals surface area contributed by atoms with E-state index in [-0.39, 0.29) is 26.3 Å². The summed E-state index contributed by atoms with van der Waals surface area (Å²) in [6, 6.07) is 0. The first-order valence-corrected chi connectivity index (χ1v) is 9.45. The van der Waals surface area contributed by atoms with Crippen LogP contribution in [0.4, 0.5) is 0 Å². The van der Waals surface area contributed by atoms with Crippen LogP contribution in [0.15, 0.2) is 0 Å². The molecule has 0 aliphatic carbocycles. The second-order valence-electron chi connectivity index (χ2n) is 5.97. The molecule has 28 heavy (non-hydrogen) atoms. The molecule has 0 aromatic heterocycles. The minimum atomic E-state index is -1.87. The van der Waals surface area contributed by atoms with E-state index in [1.165, 1.54) is 0 Å². The molecule has 0 aromatic rings. The Morgan fingerprint density at radius 1 is 0.893 bits per heavy atom. The molecule has 3 atom stereocenters. The zero-order valence-corrected chi connectivity index (χ0v) is 16.5. The van der Waals surface area contributed by atoms with Crippen LogP contribution in [0.5, 0.6) is 0 Å². The average molecular weight is 409 g/mol. The maximum Gasteiger partial charge on any atom is 0.251 e. The molecule has 0 rings (SSSR count). The van der Waals surface area contributed by atoms with E-state index in [0.717, 1.165) is 6.42 Å². The Labute approximate surface area is 165 Å². The van der Waals surface area contributed by atoms with Gasteiger partial charge in [0, 0.05) is 26.2 Å². The summed E-state index contributed by atoms with van der Waals surface area (Å²) >= 11 is 0. The molecule has 0 saturated heterocycles. The first-order chi connectivity index (χ1) is 13.4. The fourth-order valence-electron chi connectivity index (χ4n) is 2.01. The Kier molecular flexibility index (Phi) is 16.9. The molecule has 11 nitrogen and oxygen atoms in total. The SMILES string of the molecule is CCCOCCOCCNC(=O)C(O)C(O)C(O)CC(=O)NCCOCCN. The number of carbonyl (C=O) groups excluding carboxylic acids is 2. The molecule has 0 fully saturated rings. The van der Waals surface area contributed by atoms with Gasteiger partial charge in [-0.15, -0.1) is 0 Å². The first kappa shape index (κ1) is 26.7. The summed E-state index contributed by atoms with van der Waals surface area (Å²) in [5, 5.41) is 34.3. The van der Waals surface area contributed by atoms with Gasteiger partial charge in [0.15, 0.2) is 6.10 Å². The fraction of sp³-hybridized carbons (Fsp3) is 0.882. The highest BCUT2D eigenvalue weighted by atomic mass is 16.5. The molecule has 0 bridgehead atoms. The monoisotopic (exact) mass is 409 g/mol. The second kappa shape index (κ2) is 17.7. The van der Waals surface area contributed by atoms with Crippen LogP contribution < -0.4 is 16.4 Å². The summed E-state index contributed by atoms with van der Waals surface area (Å²) in [4.78, 5) is 23.4. The summed E-state index contributed by atoms with van der Waals surface area (Å²) in [5.41, 5.74) is 5.25. The van der Waals surface area contributed by atoms with Crippen molar-refractivity contribution in [1.29, 1.82) is 0 Å². The quantitative estimate of drug-likeness (QED) is 0.130. The van der Waals surface area contributed by atoms with E-state index in [9.17, 15) is 24.9 Å². The number of nitrogens with two attached hydrogens (primary N) is 1. The van der Waals surface area contributed by atoms with Crippen LogP contribution in [0.25, 0.3) is 0 Å². The average Bonchev–Trinajstić information content (AvgIpc) is 2.68. The molecule has 7 N–H and O–H groups in total. The normalized spacial score (nSPS) is 14.3. The molecular formula is C17H35N3O8. The number of aliphatic hydroxyl groups excluding tert-OH is 3. The third-order valence-electron chi connectivity index (χ3n) is 3.48. The number of nitrogens with one attached hydrogen (secondary N) is 2. The summed E-state index contributed by atoms with van der Waals surface area (Å²) in [7, 11) is 0. The van der Waals surface area contributed by atoms with Gasteiger partial charge in [-0.1, -0.05) is 6.92 Å². The molecule has 0 radical (unpaired) electrons. The molecular weight excluding hydrogens is 374 g/mol. The molecule has 0 aliphatic heterocycles. The van der Waals surface area contributed by atoms with Gasteiger partial charge in [-0.25, -0.2) is 0 Å². The Hall–Kier alpha value is -1.34. The van der Waals surface area contributed by atoms with Crippen molar-refractivity contribution in [3.05, 3.63) is 0 Å². The van der Waals surface area contributed by atoms with Crippen molar-refractivity contribution in [3.8, 4) is 0 Å². The van der Waals surface area contributed by atoms with E-state index in [1.807, 2.05) is 6.92 Å². The van der Waals surface area contributed by atoms with Crippen molar-refractivity contribution in [2.75, 3.05) is 59.3 Å². The van der Waals surface area contributed by atoms with Gasteiger partial charge in [-0.05, 0) is 6.42 Å². The highest BCUT2D eigenvalue weighted by Crippen LogP contribution is 2.05. The maximum atomic E-state index is 11.8. The van der Waals surface area contributed by atoms with E-state index < -0.39 is 36.5 Å². The molecule has 166 valence electrons. The van der Waals surface area contributed by atoms with Crippen molar-refractivity contribution in [2.24, 2.45) is 5.73 Å². The fourth-order valence-corrected chi connectivity index (χ4v) is 2.01. The van der Waals surface area contributed by atoms with Crippen molar-refractivity contribution in [1.82, 2.24) is 10.6 Å². The van der Waals surface area contributed by atoms with Gasteiger partial charge in [-0.2, -0.15) is 0 Å². The highest BCUT2D eigenvalue weighted by molar-refractivity contribution is 5.81. The Balaban J connectivity index is 3.92. The molecule has 0 aromatic carbocycles. The van der Waals surface area contributed by atoms with Crippen LogP contribution in [0, 0.1) is 0 Å². The van der Waals surface area contributed by atoms with Crippen molar-refractivity contribution >= 4 is 11.8 Å². The zero-order chi connectivity index (χ0) is 21.2. The van der Waals surface area contributed by atoms with Crippen molar-refractivity contribution in [3.63, 3.8) is 0 Å². The Bertz CT molecular complexity index is 414. The summed E-state index contributed by atoms with van der Waals surface area (Å²) in [6.45, 7) is 5.05. The number of hydrogen-bond donors (Lipinski definition) is 6. The maximum absolute atomic E-state index is 11.8. The summed E-state index contributed by atoms with van der Waals surface area (Å²) in [5.74, 6) is -1.41. The summed E-state index contributed by atoms with van der Waals surface area (Å²) in [6.07, 6.45) is -4.82. The Morgan fingerprint density at radius 2 is 1.46 bits per heavy atom. The largest absolute Gasteiger partial charge is 0.390 e.